The number of rotatable bonds is 5. The topological polar surface area (TPSA) is 64.0 Å². The molecular formula is C11H17N3O2. The number of amides is 1. The molecule has 0 bridgehead atoms. The van der Waals surface area contributed by atoms with Gasteiger partial charge in [-0.1, -0.05) is 13.8 Å². The zero-order valence-electron chi connectivity index (χ0n) is 9.80. The van der Waals surface area contributed by atoms with Crippen LogP contribution in [-0.4, -0.2) is 27.3 Å². The molecular weight excluding hydrogens is 206 g/mol. The molecule has 16 heavy (non-hydrogen) atoms. The second-order valence-electron chi connectivity index (χ2n) is 4.13. The van der Waals surface area contributed by atoms with Gasteiger partial charge < -0.3 is 9.88 Å². The summed E-state index contributed by atoms with van der Waals surface area (Å²) >= 11 is 0. The van der Waals surface area contributed by atoms with Crippen molar-refractivity contribution in [2.75, 3.05) is 0 Å². The maximum absolute atomic E-state index is 11.6. The molecule has 1 unspecified atom stereocenters. The van der Waals surface area contributed by atoms with E-state index in [2.05, 4.69) is 10.3 Å². The SMILES string of the molecule is CC(=O)C(NC(=O)Cn1ccnc1)C(C)C. The molecule has 1 aromatic rings. The first-order valence-corrected chi connectivity index (χ1v) is 5.26. The Morgan fingerprint density at radius 1 is 1.44 bits per heavy atom. The van der Waals surface area contributed by atoms with Crippen LogP contribution in [0, 0.1) is 5.92 Å². The van der Waals surface area contributed by atoms with Gasteiger partial charge in [0.05, 0.1) is 12.4 Å². The van der Waals surface area contributed by atoms with Crippen LogP contribution in [0.2, 0.25) is 0 Å². The number of nitrogens with one attached hydrogen (secondary N) is 1. The summed E-state index contributed by atoms with van der Waals surface area (Å²) in [5.74, 6) is -0.0925. The number of imidazole rings is 1. The molecule has 0 aliphatic rings. The van der Waals surface area contributed by atoms with Crippen molar-refractivity contribution in [1.29, 1.82) is 0 Å². The highest BCUT2D eigenvalue weighted by Gasteiger charge is 2.20. The average molecular weight is 223 g/mol. The fraction of sp³-hybridized carbons (Fsp3) is 0.545. The maximum atomic E-state index is 11.6. The summed E-state index contributed by atoms with van der Waals surface area (Å²) in [4.78, 5) is 26.7. The number of hydrogen-bond acceptors (Lipinski definition) is 3. The van der Waals surface area contributed by atoms with Gasteiger partial charge in [-0.05, 0) is 12.8 Å². The molecule has 88 valence electrons. The van der Waals surface area contributed by atoms with E-state index in [-0.39, 0.29) is 24.2 Å². The van der Waals surface area contributed by atoms with Gasteiger partial charge in [-0.15, -0.1) is 0 Å². The van der Waals surface area contributed by atoms with Crippen LogP contribution in [0.3, 0.4) is 0 Å². The molecule has 0 spiro atoms. The van der Waals surface area contributed by atoms with Gasteiger partial charge in [0.25, 0.3) is 0 Å². The number of aromatic nitrogens is 2. The number of nitrogens with zero attached hydrogens (tertiary/aromatic N) is 2. The fourth-order valence-electron chi connectivity index (χ4n) is 1.50. The van der Waals surface area contributed by atoms with Crippen molar-refractivity contribution >= 4 is 11.7 Å². The largest absolute Gasteiger partial charge is 0.344 e. The lowest BCUT2D eigenvalue weighted by atomic mass is 10.0. The molecule has 1 N–H and O–H groups in total. The van der Waals surface area contributed by atoms with Crippen molar-refractivity contribution in [2.45, 2.75) is 33.4 Å². The molecule has 1 atom stereocenters. The molecule has 1 aromatic heterocycles. The third-order valence-corrected chi connectivity index (χ3v) is 2.31. The van der Waals surface area contributed by atoms with Crippen LogP contribution in [0.4, 0.5) is 0 Å². The molecule has 5 heteroatoms. The minimum absolute atomic E-state index is 0.0195. The van der Waals surface area contributed by atoms with E-state index in [4.69, 9.17) is 0 Å². The van der Waals surface area contributed by atoms with Crippen molar-refractivity contribution in [3.63, 3.8) is 0 Å². The summed E-state index contributed by atoms with van der Waals surface area (Å²) in [7, 11) is 0. The highest BCUT2D eigenvalue weighted by molar-refractivity contribution is 5.87. The highest BCUT2D eigenvalue weighted by Crippen LogP contribution is 2.02. The van der Waals surface area contributed by atoms with Crippen molar-refractivity contribution in [3.05, 3.63) is 18.7 Å². The van der Waals surface area contributed by atoms with E-state index >= 15 is 0 Å². The zero-order chi connectivity index (χ0) is 12.1. The molecule has 1 amide bonds. The first kappa shape index (κ1) is 12.4. The van der Waals surface area contributed by atoms with Gasteiger partial charge in [0.15, 0.2) is 5.78 Å². The predicted molar refractivity (Wildman–Crippen MR) is 59.7 cm³/mol. The Morgan fingerprint density at radius 3 is 2.56 bits per heavy atom. The second-order valence-corrected chi connectivity index (χ2v) is 4.13. The molecule has 1 heterocycles. The highest BCUT2D eigenvalue weighted by atomic mass is 16.2. The van der Waals surface area contributed by atoms with E-state index in [9.17, 15) is 9.59 Å². The normalized spacial score (nSPS) is 12.5. The summed E-state index contributed by atoms with van der Waals surface area (Å²) in [6.07, 6.45) is 4.88. The van der Waals surface area contributed by atoms with E-state index in [1.165, 1.54) is 6.92 Å². The third kappa shape index (κ3) is 3.49. The standard InChI is InChI=1S/C11H17N3O2/c1-8(2)11(9(3)15)13-10(16)6-14-5-4-12-7-14/h4-5,7-8,11H,6H2,1-3H3,(H,13,16). The van der Waals surface area contributed by atoms with Crippen molar-refractivity contribution in [2.24, 2.45) is 5.92 Å². The van der Waals surface area contributed by atoms with Crippen molar-refractivity contribution < 1.29 is 9.59 Å². The molecule has 5 nitrogen and oxygen atoms in total. The number of hydrogen-bond donors (Lipinski definition) is 1. The monoisotopic (exact) mass is 223 g/mol. The van der Waals surface area contributed by atoms with Crippen LogP contribution in [-0.2, 0) is 16.1 Å². The number of carbonyl (C=O) groups is 2. The van der Waals surface area contributed by atoms with Crippen LogP contribution in [0.1, 0.15) is 20.8 Å². The molecule has 0 saturated heterocycles. The van der Waals surface area contributed by atoms with Gasteiger partial charge in [-0.25, -0.2) is 4.98 Å². The van der Waals surface area contributed by atoms with Gasteiger partial charge in [0.2, 0.25) is 5.91 Å². The van der Waals surface area contributed by atoms with E-state index in [1.807, 2.05) is 13.8 Å². The van der Waals surface area contributed by atoms with Gasteiger partial charge in [-0.3, -0.25) is 9.59 Å². The summed E-state index contributed by atoms with van der Waals surface area (Å²) in [6.45, 7) is 5.49. The number of ketones is 1. The lowest BCUT2D eigenvalue weighted by Gasteiger charge is -2.19. The Morgan fingerprint density at radius 2 is 2.12 bits per heavy atom. The minimum atomic E-state index is -0.406. The van der Waals surface area contributed by atoms with Gasteiger partial charge >= 0.3 is 0 Å². The second kappa shape index (κ2) is 5.44. The first-order chi connectivity index (χ1) is 7.50. The van der Waals surface area contributed by atoms with Crippen LogP contribution in [0.25, 0.3) is 0 Å². The molecule has 0 aromatic carbocycles. The molecule has 0 radical (unpaired) electrons. The lowest BCUT2D eigenvalue weighted by molar-refractivity contribution is -0.128. The molecule has 0 aliphatic carbocycles. The van der Waals surface area contributed by atoms with E-state index < -0.39 is 6.04 Å². The number of Topliss-reactive ketones (excluding diaryl/α,β-unsaturated/α-hetero) is 1. The Kier molecular flexibility index (Phi) is 4.22. The molecule has 1 rings (SSSR count). The van der Waals surface area contributed by atoms with Crippen molar-refractivity contribution in [1.82, 2.24) is 14.9 Å². The van der Waals surface area contributed by atoms with Gasteiger partial charge in [0.1, 0.15) is 6.54 Å². The molecule has 0 aliphatic heterocycles. The predicted octanol–water partition coefficient (Wildman–Crippen LogP) is 0.613. The van der Waals surface area contributed by atoms with Crippen LogP contribution in [0.5, 0.6) is 0 Å². The van der Waals surface area contributed by atoms with E-state index in [0.717, 1.165) is 0 Å². The third-order valence-electron chi connectivity index (χ3n) is 2.31. The lowest BCUT2D eigenvalue weighted by Crippen LogP contribution is -2.44. The van der Waals surface area contributed by atoms with E-state index in [0.29, 0.717) is 0 Å². The first-order valence-electron chi connectivity index (χ1n) is 5.26. The molecule has 0 fully saturated rings. The van der Waals surface area contributed by atoms with Crippen molar-refractivity contribution in [3.8, 4) is 0 Å². The van der Waals surface area contributed by atoms with Crippen LogP contribution in [0.15, 0.2) is 18.7 Å². The minimum Gasteiger partial charge on any atom is -0.344 e. The van der Waals surface area contributed by atoms with Gasteiger partial charge in [0, 0.05) is 12.4 Å². The summed E-state index contributed by atoms with van der Waals surface area (Å²) in [5.41, 5.74) is 0. The Balaban J connectivity index is 2.52. The van der Waals surface area contributed by atoms with Gasteiger partial charge in [-0.2, -0.15) is 0 Å². The fourth-order valence-corrected chi connectivity index (χ4v) is 1.50. The maximum Gasteiger partial charge on any atom is 0.240 e. The Hall–Kier alpha value is -1.65. The average Bonchev–Trinajstić information content (AvgIpc) is 2.65. The quantitative estimate of drug-likeness (QED) is 0.795. The summed E-state index contributed by atoms with van der Waals surface area (Å²) in [5, 5.41) is 2.72. The Labute approximate surface area is 94.9 Å². The van der Waals surface area contributed by atoms with Crippen LogP contribution < -0.4 is 5.32 Å². The van der Waals surface area contributed by atoms with E-state index in [1.54, 1.807) is 23.3 Å². The zero-order valence-corrected chi connectivity index (χ0v) is 9.80. The van der Waals surface area contributed by atoms with Crippen LogP contribution >= 0.6 is 0 Å². The number of carbonyl (C=O) groups excluding carboxylic acids is 2. The summed E-state index contributed by atoms with van der Waals surface area (Å²) in [6, 6.07) is -0.406. The smallest absolute Gasteiger partial charge is 0.240 e. The molecule has 0 saturated carbocycles. The Bertz CT molecular complexity index is 357. The summed E-state index contributed by atoms with van der Waals surface area (Å²) < 4.78 is 1.66.